The molecule has 2 amide bonds. The summed E-state index contributed by atoms with van der Waals surface area (Å²) < 4.78 is 25.1. The topological polar surface area (TPSA) is 114 Å². The highest BCUT2D eigenvalue weighted by Gasteiger charge is 2.16. The fourth-order valence-electron chi connectivity index (χ4n) is 2.35. The van der Waals surface area contributed by atoms with Crippen LogP contribution >= 0.6 is 0 Å². The molecule has 0 aliphatic heterocycles. The van der Waals surface area contributed by atoms with Crippen molar-refractivity contribution in [2.45, 2.75) is 16.3 Å². The molecule has 0 aliphatic rings. The molecule has 8 heteroatoms. The number of hydrogen-bond donors (Lipinski definition) is 3. The molecule has 0 spiro atoms. The SMILES string of the molecule is Nc1ccc(CNC(=O)Nc2ccc(S(=O)(=O)c3ccccc3)cc2)cn1. The number of urea groups is 1. The van der Waals surface area contributed by atoms with Crippen LogP contribution < -0.4 is 16.4 Å². The van der Waals surface area contributed by atoms with Crippen LogP contribution in [0.4, 0.5) is 16.3 Å². The van der Waals surface area contributed by atoms with Gasteiger partial charge in [-0.05, 0) is 48.0 Å². The third-order valence-corrected chi connectivity index (χ3v) is 5.56. The molecule has 3 aromatic rings. The summed E-state index contributed by atoms with van der Waals surface area (Å²) in [6, 6.07) is 17.2. The average Bonchev–Trinajstić information content (AvgIpc) is 2.69. The maximum atomic E-state index is 12.5. The van der Waals surface area contributed by atoms with Crippen molar-refractivity contribution in [3.05, 3.63) is 78.5 Å². The van der Waals surface area contributed by atoms with Gasteiger partial charge < -0.3 is 16.4 Å². The lowest BCUT2D eigenvalue weighted by molar-refractivity contribution is 0.251. The third kappa shape index (κ3) is 4.62. The van der Waals surface area contributed by atoms with Gasteiger partial charge >= 0.3 is 6.03 Å². The smallest absolute Gasteiger partial charge is 0.319 e. The van der Waals surface area contributed by atoms with Gasteiger partial charge in [-0.2, -0.15) is 0 Å². The first-order valence-electron chi connectivity index (χ1n) is 8.10. The molecule has 4 N–H and O–H groups in total. The van der Waals surface area contributed by atoms with E-state index in [1.165, 1.54) is 12.1 Å². The minimum Gasteiger partial charge on any atom is -0.384 e. The molecule has 2 aromatic carbocycles. The minimum atomic E-state index is -3.58. The summed E-state index contributed by atoms with van der Waals surface area (Å²) in [4.78, 5) is 16.3. The molecule has 3 rings (SSSR count). The number of pyridine rings is 1. The van der Waals surface area contributed by atoms with Crippen molar-refractivity contribution in [1.82, 2.24) is 10.3 Å². The Hall–Kier alpha value is -3.39. The molecule has 0 aliphatic carbocycles. The van der Waals surface area contributed by atoms with Crippen molar-refractivity contribution in [2.75, 3.05) is 11.1 Å². The van der Waals surface area contributed by atoms with E-state index in [-0.39, 0.29) is 9.79 Å². The van der Waals surface area contributed by atoms with Crippen LogP contribution in [0.1, 0.15) is 5.56 Å². The number of benzene rings is 2. The number of sulfone groups is 1. The number of nitrogens with two attached hydrogens (primary N) is 1. The fourth-order valence-corrected chi connectivity index (χ4v) is 3.63. The predicted molar refractivity (Wildman–Crippen MR) is 103 cm³/mol. The van der Waals surface area contributed by atoms with E-state index in [2.05, 4.69) is 15.6 Å². The number of rotatable bonds is 5. The van der Waals surface area contributed by atoms with Gasteiger partial charge in [0.2, 0.25) is 9.84 Å². The highest BCUT2D eigenvalue weighted by Crippen LogP contribution is 2.22. The number of amides is 2. The summed E-state index contributed by atoms with van der Waals surface area (Å²) in [5.74, 6) is 0.411. The Morgan fingerprint density at radius 2 is 1.59 bits per heavy atom. The zero-order valence-electron chi connectivity index (χ0n) is 14.3. The number of hydrogen-bond acceptors (Lipinski definition) is 5. The highest BCUT2D eigenvalue weighted by molar-refractivity contribution is 7.91. The van der Waals surface area contributed by atoms with E-state index in [0.29, 0.717) is 18.1 Å². The second-order valence-electron chi connectivity index (χ2n) is 5.74. The van der Waals surface area contributed by atoms with Gasteiger partial charge in [0.15, 0.2) is 0 Å². The number of nitrogen functional groups attached to an aromatic ring is 1. The van der Waals surface area contributed by atoms with Gasteiger partial charge in [0.1, 0.15) is 5.82 Å². The predicted octanol–water partition coefficient (Wildman–Crippen LogP) is 2.82. The van der Waals surface area contributed by atoms with Gasteiger partial charge in [0, 0.05) is 18.4 Å². The second-order valence-corrected chi connectivity index (χ2v) is 7.69. The number of nitrogens with zero attached hydrogens (tertiary/aromatic N) is 1. The first kappa shape index (κ1) is 18.4. The Morgan fingerprint density at radius 1 is 0.926 bits per heavy atom. The van der Waals surface area contributed by atoms with Crippen molar-refractivity contribution < 1.29 is 13.2 Å². The summed E-state index contributed by atoms with van der Waals surface area (Å²) in [6.07, 6.45) is 1.58. The molecule has 7 nitrogen and oxygen atoms in total. The van der Waals surface area contributed by atoms with Gasteiger partial charge in [-0.25, -0.2) is 18.2 Å². The third-order valence-electron chi connectivity index (χ3n) is 3.78. The van der Waals surface area contributed by atoms with Crippen molar-refractivity contribution in [3.63, 3.8) is 0 Å². The number of nitrogens with one attached hydrogen (secondary N) is 2. The lowest BCUT2D eigenvalue weighted by Crippen LogP contribution is -2.28. The summed E-state index contributed by atoms with van der Waals surface area (Å²) in [5, 5.41) is 5.34. The van der Waals surface area contributed by atoms with Crippen LogP contribution in [0.15, 0.2) is 82.7 Å². The van der Waals surface area contributed by atoms with Gasteiger partial charge in [-0.1, -0.05) is 24.3 Å². The molecule has 1 aromatic heterocycles. The zero-order valence-corrected chi connectivity index (χ0v) is 15.1. The molecule has 0 saturated heterocycles. The number of anilines is 2. The van der Waals surface area contributed by atoms with Crippen molar-refractivity contribution in [2.24, 2.45) is 0 Å². The van der Waals surface area contributed by atoms with Crippen molar-refractivity contribution in [3.8, 4) is 0 Å². The zero-order chi connectivity index (χ0) is 19.3. The largest absolute Gasteiger partial charge is 0.384 e. The summed E-state index contributed by atoms with van der Waals surface area (Å²) in [7, 11) is -3.58. The van der Waals surface area contributed by atoms with E-state index in [0.717, 1.165) is 5.56 Å². The van der Waals surface area contributed by atoms with E-state index in [1.807, 2.05) is 0 Å². The summed E-state index contributed by atoms with van der Waals surface area (Å²) in [6.45, 7) is 0.291. The standard InChI is InChI=1S/C19H18N4O3S/c20-18-11-6-14(12-21-18)13-22-19(24)23-15-7-9-17(10-8-15)27(25,26)16-4-2-1-3-5-16/h1-12H,13H2,(H2,20,21)(H2,22,23,24). The van der Waals surface area contributed by atoms with Crippen LogP contribution in [0.3, 0.4) is 0 Å². The van der Waals surface area contributed by atoms with E-state index in [1.54, 1.807) is 60.8 Å². The molecule has 0 radical (unpaired) electrons. The number of carbonyl (C=O) groups is 1. The summed E-state index contributed by atoms with van der Waals surface area (Å²) in [5.41, 5.74) is 6.80. The molecular weight excluding hydrogens is 364 g/mol. The van der Waals surface area contributed by atoms with Crippen LogP contribution in [-0.2, 0) is 16.4 Å². The molecule has 27 heavy (non-hydrogen) atoms. The van der Waals surface area contributed by atoms with Gasteiger partial charge in [0.05, 0.1) is 9.79 Å². The quantitative estimate of drug-likeness (QED) is 0.628. The molecular formula is C19H18N4O3S. The van der Waals surface area contributed by atoms with Crippen LogP contribution in [-0.4, -0.2) is 19.4 Å². The second kappa shape index (κ2) is 7.88. The monoisotopic (exact) mass is 382 g/mol. The van der Waals surface area contributed by atoms with Crippen LogP contribution in [0.2, 0.25) is 0 Å². The van der Waals surface area contributed by atoms with Gasteiger partial charge in [-0.3, -0.25) is 0 Å². The number of aromatic nitrogens is 1. The van der Waals surface area contributed by atoms with Crippen LogP contribution in [0.5, 0.6) is 0 Å². The molecule has 138 valence electrons. The van der Waals surface area contributed by atoms with E-state index in [4.69, 9.17) is 5.73 Å². The van der Waals surface area contributed by atoms with Crippen molar-refractivity contribution >= 4 is 27.4 Å². The lowest BCUT2D eigenvalue weighted by Gasteiger charge is -2.09. The lowest BCUT2D eigenvalue weighted by atomic mass is 10.3. The van der Waals surface area contributed by atoms with Gasteiger partial charge in [0.25, 0.3) is 0 Å². The first-order valence-corrected chi connectivity index (χ1v) is 9.59. The number of carbonyl (C=O) groups excluding carboxylic acids is 1. The summed E-state index contributed by atoms with van der Waals surface area (Å²) >= 11 is 0. The van der Waals surface area contributed by atoms with E-state index < -0.39 is 15.9 Å². The Kier molecular flexibility index (Phi) is 5.37. The van der Waals surface area contributed by atoms with Crippen LogP contribution in [0, 0.1) is 0 Å². The van der Waals surface area contributed by atoms with E-state index >= 15 is 0 Å². The Morgan fingerprint density at radius 3 is 2.22 bits per heavy atom. The van der Waals surface area contributed by atoms with E-state index in [9.17, 15) is 13.2 Å². The molecule has 0 unspecified atom stereocenters. The Balaban J connectivity index is 1.62. The Bertz CT molecular complexity index is 1020. The highest BCUT2D eigenvalue weighted by atomic mass is 32.2. The average molecular weight is 382 g/mol. The minimum absolute atomic E-state index is 0.160. The molecule has 0 fully saturated rings. The van der Waals surface area contributed by atoms with Crippen LogP contribution in [0.25, 0.3) is 0 Å². The van der Waals surface area contributed by atoms with Gasteiger partial charge in [-0.15, -0.1) is 0 Å². The molecule has 0 saturated carbocycles. The first-order chi connectivity index (χ1) is 12.9. The Labute approximate surface area is 157 Å². The molecule has 0 atom stereocenters. The molecule has 0 bridgehead atoms. The maximum Gasteiger partial charge on any atom is 0.319 e. The van der Waals surface area contributed by atoms with Crippen molar-refractivity contribution in [1.29, 1.82) is 0 Å². The molecule has 1 heterocycles. The normalized spacial score (nSPS) is 11.0. The fraction of sp³-hybridized carbons (Fsp3) is 0.0526. The maximum absolute atomic E-state index is 12.5.